The lowest BCUT2D eigenvalue weighted by Crippen LogP contribution is -2.04. The lowest BCUT2D eigenvalue weighted by atomic mass is 10.1. The monoisotopic (exact) mass is 240 g/mol. The minimum atomic E-state index is -0.443. The summed E-state index contributed by atoms with van der Waals surface area (Å²) < 4.78 is 13.8. The molecule has 2 aromatic rings. The van der Waals surface area contributed by atoms with Crippen molar-refractivity contribution in [2.75, 3.05) is 5.32 Å². The van der Waals surface area contributed by atoms with Gasteiger partial charge in [0.2, 0.25) is 0 Å². The third-order valence-electron chi connectivity index (χ3n) is 2.81. The Morgan fingerprint density at radius 3 is 2.67 bits per heavy atom. The van der Waals surface area contributed by atoms with Crippen LogP contribution in [0, 0.1) is 24.1 Å². The topological polar surface area (TPSA) is 35.8 Å². The Kier molecular flexibility index (Phi) is 3.59. The molecule has 0 bridgehead atoms. The quantitative estimate of drug-likeness (QED) is 0.889. The zero-order chi connectivity index (χ0) is 13.0. The number of para-hydroxylation sites is 1. The van der Waals surface area contributed by atoms with Crippen LogP contribution in [-0.4, -0.2) is 0 Å². The van der Waals surface area contributed by atoms with Crippen LogP contribution in [0.5, 0.6) is 0 Å². The molecule has 0 aliphatic heterocycles. The number of hydrogen-bond acceptors (Lipinski definition) is 2. The van der Waals surface area contributed by atoms with Gasteiger partial charge in [0.25, 0.3) is 0 Å². The number of nitriles is 1. The molecule has 0 fully saturated rings. The smallest absolute Gasteiger partial charge is 0.145 e. The van der Waals surface area contributed by atoms with E-state index >= 15 is 0 Å². The zero-order valence-electron chi connectivity index (χ0n) is 10.1. The molecule has 0 unspecified atom stereocenters. The van der Waals surface area contributed by atoms with Crippen molar-refractivity contribution in [2.45, 2.75) is 13.5 Å². The Hall–Kier alpha value is -2.34. The van der Waals surface area contributed by atoms with Crippen LogP contribution in [0.3, 0.4) is 0 Å². The Labute approximate surface area is 106 Å². The fraction of sp³-hybridized carbons (Fsp3) is 0.133. The second kappa shape index (κ2) is 5.33. The highest BCUT2D eigenvalue weighted by Crippen LogP contribution is 2.17. The third kappa shape index (κ3) is 2.49. The molecule has 0 saturated heterocycles. The van der Waals surface area contributed by atoms with Gasteiger partial charge in [-0.05, 0) is 24.6 Å². The molecule has 90 valence electrons. The number of halogens is 1. The van der Waals surface area contributed by atoms with E-state index in [0.29, 0.717) is 12.1 Å². The molecular weight excluding hydrogens is 227 g/mol. The van der Waals surface area contributed by atoms with Crippen molar-refractivity contribution in [2.24, 2.45) is 0 Å². The van der Waals surface area contributed by atoms with Gasteiger partial charge < -0.3 is 5.32 Å². The van der Waals surface area contributed by atoms with Crippen molar-refractivity contribution < 1.29 is 4.39 Å². The van der Waals surface area contributed by atoms with Gasteiger partial charge in [-0.25, -0.2) is 4.39 Å². The Balaban J connectivity index is 2.17. The fourth-order valence-corrected chi connectivity index (χ4v) is 1.76. The molecule has 0 aliphatic carbocycles. The molecule has 0 atom stereocenters. The van der Waals surface area contributed by atoms with Crippen LogP contribution in [0.25, 0.3) is 0 Å². The van der Waals surface area contributed by atoms with Gasteiger partial charge in [0.05, 0.1) is 5.56 Å². The Morgan fingerprint density at radius 1 is 1.17 bits per heavy atom. The zero-order valence-corrected chi connectivity index (χ0v) is 10.1. The van der Waals surface area contributed by atoms with Gasteiger partial charge in [0.15, 0.2) is 0 Å². The normalized spacial score (nSPS) is 9.83. The van der Waals surface area contributed by atoms with Crippen LogP contribution in [0.1, 0.15) is 16.7 Å². The Morgan fingerprint density at radius 2 is 1.94 bits per heavy atom. The summed E-state index contributed by atoms with van der Waals surface area (Å²) in [5.74, 6) is -0.443. The first-order valence-electron chi connectivity index (χ1n) is 5.69. The first-order chi connectivity index (χ1) is 8.72. The number of rotatable bonds is 3. The average molecular weight is 240 g/mol. The Bertz CT molecular complexity index is 600. The first-order valence-corrected chi connectivity index (χ1v) is 5.69. The van der Waals surface area contributed by atoms with Crippen molar-refractivity contribution in [1.29, 1.82) is 5.26 Å². The molecule has 0 amide bonds. The van der Waals surface area contributed by atoms with E-state index in [1.165, 1.54) is 6.07 Å². The summed E-state index contributed by atoms with van der Waals surface area (Å²) in [5, 5.41) is 11.9. The number of anilines is 1. The van der Waals surface area contributed by atoms with Crippen molar-refractivity contribution in [3.63, 3.8) is 0 Å². The van der Waals surface area contributed by atoms with E-state index in [9.17, 15) is 4.39 Å². The van der Waals surface area contributed by atoms with Crippen molar-refractivity contribution >= 4 is 5.69 Å². The highest BCUT2D eigenvalue weighted by Gasteiger charge is 2.07. The molecule has 2 nitrogen and oxygen atoms in total. The predicted molar refractivity (Wildman–Crippen MR) is 69.6 cm³/mol. The predicted octanol–water partition coefficient (Wildman–Crippen LogP) is 3.62. The number of nitrogens with one attached hydrogen (secondary N) is 1. The lowest BCUT2D eigenvalue weighted by Gasteiger charge is -2.10. The highest BCUT2D eigenvalue weighted by atomic mass is 19.1. The molecule has 0 spiro atoms. The fourth-order valence-electron chi connectivity index (χ4n) is 1.76. The standard InChI is InChI=1S/C15H13FN2/c1-11-5-2-3-8-14(11)18-10-13-7-4-6-12(9-17)15(13)16/h2-8,18H,10H2,1H3. The molecule has 0 saturated carbocycles. The number of aryl methyl sites for hydroxylation is 1. The summed E-state index contributed by atoms with van der Waals surface area (Å²) in [4.78, 5) is 0. The van der Waals surface area contributed by atoms with Crippen molar-refractivity contribution in [3.05, 3.63) is 65.0 Å². The molecule has 0 aromatic heterocycles. The van der Waals surface area contributed by atoms with E-state index in [1.807, 2.05) is 37.3 Å². The first kappa shape index (κ1) is 12.1. The van der Waals surface area contributed by atoms with Crippen LogP contribution < -0.4 is 5.32 Å². The van der Waals surface area contributed by atoms with Crippen molar-refractivity contribution in [3.8, 4) is 6.07 Å². The maximum Gasteiger partial charge on any atom is 0.145 e. The lowest BCUT2D eigenvalue weighted by molar-refractivity contribution is 0.609. The van der Waals surface area contributed by atoms with Gasteiger partial charge in [-0.3, -0.25) is 0 Å². The largest absolute Gasteiger partial charge is 0.381 e. The van der Waals surface area contributed by atoms with Crippen LogP contribution in [-0.2, 0) is 6.54 Å². The summed E-state index contributed by atoms with van der Waals surface area (Å²) in [7, 11) is 0. The number of benzene rings is 2. The minimum absolute atomic E-state index is 0.0825. The van der Waals surface area contributed by atoms with E-state index in [4.69, 9.17) is 5.26 Å². The minimum Gasteiger partial charge on any atom is -0.381 e. The number of hydrogen-bond donors (Lipinski definition) is 1. The van der Waals surface area contributed by atoms with Gasteiger partial charge in [0, 0.05) is 17.8 Å². The summed E-state index contributed by atoms with van der Waals surface area (Å²) in [6.07, 6.45) is 0. The molecule has 3 heteroatoms. The van der Waals surface area contributed by atoms with Crippen LogP contribution in [0.15, 0.2) is 42.5 Å². The van der Waals surface area contributed by atoms with Gasteiger partial charge >= 0.3 is 0 Å². The maximum absolute atomic E-state index is 13.8. The maximum atomic E-state index is 13.8. The SMILES string of the molecule is Cc1ccccc1NCc1cccc(C#N)c1F. The van der Waals surface area contributed by atoms with Gasteiger partial charge in [-0.15, -0.1) is 0 Å². The van der Waals surface area contributed by atoms with E-state index in [2.05, 4.69) is 5.32 Å². The summed E-state index contributed by atoms with van der Waals surface area (Å²) in [5.41, 5.74) is 2.66. The van der Waals surface area contributed by atoms with Crippen LogP contribution >= 0.6 is 0 Å². The second-order valence-electron chi connectivity index (χ2n) is 4.06. The van der Waals surface area contributed by atoms with Gasteiger partial charge in [0.1, 0.15) is 11.9 Å². The van der Waals surface area contributed by atoms with E-state index in [-0.39, 0.29) is 5.56 Å². The molecule has 2 aromatic carbocycles. The molecule has 0 aliphatic rings. The number of nitrogens with zero attached hydrogens (tertiary/aromatic N) is 1. The molecule has 18 heavy (non-hydrogen) atoms. The third-order valence-corrected chi connectivity index (χ3v) is 2.81. The average Bonchev–Trinajstić information content (AvgIpc) is 2.39. The molecule has 0 radical (unpaired) electrons. The van der Waals surface area contributed by atoms with Crippen molar-refractivity contribution in [1.82, 2.24) is 0 Å². The van der Waals surface area contributed by atoms with Gasteiger partial charge in [-0.2, -0.15) is 5.26 Å². The molecular formula is C15H13FN2. The van der Waals surface area contributed by atoms with Crippen LogP contribution in [0.2, 0.25) is 0 Å². The summed E-state index contributed by atoms with van der Waals surface area (Å²) >= 11 is 0. The van der Waals surface area contributed by atoms with Gasteiger partial charge in [-0.1, -0.05) is 30.3 Å². The summed E-state index contributed by atoms with van der Waals surface area (Å²) in [6.45, 7) is 2.36. The van der Waals surface area contributed by atoms with E-state index in [0.717, 1.165) is 11.3 Å². The summed E-state index contributed by atoms with van der Waals surface area (Å²) in [6, 6.07) is 14.5. The molecule has 0 heterocycles. The molecule has 2 rings (SSSR count). The van der Waals surface area contributed by atoms with Crippen LogP contribution in [0.4, 0.5) is 10.1 Å². The second-order valence-corrected chi connectivity index (χ2v) is 4.06. The highest BCUT2D eigenvalue weighted by molar-refractivity contribution is 5.50. The van der Waals surface area contributed by atoms with E-state index in [1.54, 1.807) is 12.1 Å². The molecule has 1 N–H and O–H groups in total. The van der Waals surface area contributed by atoms with E-state index < -0.39 is 5.82 Å².